The maximum absolute atomic E-state index is 5.95. The van der Waals surface area contributed by atoms with E-state index in [1.54, 1.807) is 10.9 Å². The second kappa shape index (κ2) is 6.99. The summed E-state index contributed by atoms with van der Waals surface area (Å²) in [6.07, 6.45) is 1.80. The molecule has 0 saturated heterocycles. The highest BCUT2D eigenvalue weighted by molar-refractivity contribution is 6.31. The van der Waals surface area contributed by atoms with Gasteiger partial charge in [-0.1, -0.05) is 29.5 Å². The van der Waals surface area contributed by atoms with E-state index in [1.165, 1.54) is 0 Å². The molecule has 0 aliphatic heterocycles. The third-order valence-electron chi connectivity index (χ3n) is 2.64. The first-order chi connectivity index (χ1) is 9.69. The number of aryl methyl sites for hydroxylation is 1. The van der Waals surface area contributed by atoms with Crippen molar-refractivity contribution in [2.24, 2.45) is 5.73 Å². The molecule has 0 aliphatic carbocycles. The van der Waals surface area contributed by atoms with E-state index in [1.807, 2.05) is 31.2 Å². The van der Waals surface area contributed by atoms with Crippen molar-refractivity contribution < 1.29 is 4.74 Å². The Morgan fingerprint density at radius 2 is 2.30 bits per heavy atom. The van der Waals surface area contributed by atoms with Gasteiger partial charge >= 0.3 is 0 Å². The van der Waals surface area contributed by atoms with Crippen molar-refractivity contribution in [3.8, 4) is 17.6 Å². The molecule has 20 heavy (non-hydrogen) atoms. The first-order valence-electron chi connectivity index (χ1n) is 6.30. The number of hydrogen-bond donors (Lipinski definition) is 1. The Morgan fingerprint density at radius 1 is 1.45 bits per heavy atom. The summed E-state index contributed by atoms with van der Waals surface area (Å²) in [5.41, 5.74) is 7.07. The second-order valence-corrected chi connectivity index (χ2v) is 4.61. The molecule has 5 heteroatoms. The molecule has 1 aromatic carbocycles. The molecular weight excluding hydrogens is 274 g/mol. The number of aromatic nitrogens is 2. The van der Waals surface area contributed by atoms with Gasteiger partial charge in [0.25, 0.3) is 0 Å². The minimum atomic E-state index is 0.352. The van der Waals surface area contributed by atoms with Crippen LogP contribution in [0, 0.1) is 18.8 Å². The highest BCUT2D eigenvalue weighted by Gasteiger charge is 2.02. The molecule has 0 fully saturated rings. The molecule has 104 valence electrons. The zero-order valence-corrected chi connectivity index (χ0v) is 12.0. The SMILES string of the molecule is Cc1nn(CCOc2cccc(C#CCN)c2)cc1Cl. The maximum atomic E-state index is 5.95. The molecule has 1 aromatic heterocycles. The van der Waals surface area contributed by atoms with E-state index in [2.05, 4.69) is 16.9 Å². The van der Waals surface area contributed by atoms with Gasteiger partial charge in [0, 0.05) is 11.8 Å². The van der Waals surface area contributed by atoms with Gasteiger partial charge in [0.2, 0.25) is 0 Å². The average Bonchev–Trinajstić information content (AvgIpc) is 2.76. The molecule has 0 bridgehead atoms. The lowest BCUT2D eigenvalue weighted by molar-refractivity contribution is 0.291. The standard InChI is InChI=1S/C15H16ClN3O/c1-12-15(16)11-19(18-12)8-9-20-14-6-2-4-13(10-14)5-3-7-17/h2,4,6,10-11H,7-9,17H2,1H3. The van der Waals surface area contributed by atoms with Gasteiger partial charge in [0.1, 0.15) is 12.4 Å². The Labute approximate surface area is 123 Å². The normalized spacial score (nSPS) is 9.95. The lowest BCUT2D eigenvalue weighted by atomic mass is 10.2. The second-order valence-electron chi connectivity index (χ2n) is 4.21. The fourth-order valence-electron chi connectivity index (χ4n) is 1.68. The van der Waals surface area contributed by atoms with Crippen LogP contribution in [0.15, 0.2) is 30.5 Å². The molecule has 0 aliphatic rings. The summed E-state index contributed by atoms with van der Waals surface area (Å²) < 4.78 is 7.45. The van der Waals surface area contributed by atoms with Crippen LogP contribution in [0.1, 0.15) is 11.3 Å². The number of rotatable bonds is 4. The molecule has 2 N–H and O–H groups in total. The zero-order chi connectivity index (χ0) is 14.4. The van der Waals surface area contributed by atoms with Gasteiger partial charge in [-0.25, -0.2) is 0 Å². The topological polar surface area (TPSA) is 53.1 Å². The van der Waals surface area contributed by atoms with Crippen LogP contribution in [0.25, 0.3) is 0 Å². The Kier molecular flexibility index (Phi) is 5.05. The third-order valence-corrected chi connectivity index (χ3v) is 3.02. The van der Waals surface area contributed by atoms with Gasteiger partial charge in [-0.15, -0.1) is 0 Å². The fraction of sp³-hybridized carbons (Fsp3) is 0.267. The minimum Gasteiger partial charge on any atom is -0.492 e. The van der Waals surface area contributed by atoms with Crippen LogP contribution < -0.4 is 10.5 Å². The number of halogens is 1. The molecule has 0 radical (unpaired) electrons. The largest absolute Gasteiger partial charge is 0.492 e. The summed E-state index contributed by atoms with van der Waals surface area (Å²) in [7, 11) is 0. The van der Waals surface area contributed by atoms with Crippen molar-refractivity contribution in [3.05, 3.63) is 46.7 Å². The highest BCUT2D eigenvalue weighted by atomic mass is 35.5. The van der Waals surface area contributed by atoms with Gasteiger partial charge in [-0.3, -0.25) is 4.68 Å². The van der Waals surface area contributed by atoms with Crippen LogP contribution in [0.2, 0.25) is 5.02 Å². The molecule has 0 unspecified atom stereocenters. The van der Waals surface area contributed by atoms with Gasteiger partial charge in [-0.05, 0) is 25.1 Å². The smallest absolute Gasteiger partial charge is 0.120 e. The van der Waals surface area contributed by atoms with E-state index in [0.717, 1.165) is 17.0 Å². The zero-order valence-electron chi connectivity index (χ0n) is 11.3. The molecule has 0 atom stereocenters. The number of hydrogen-bond acceptors (Lipinski definition) is 3. The minimum absolute atomic E-state index is 0.352. The molecular formula is C15H16ClN3O. The molecule has 2 aromatic rings. The summed E-state index contributed by atoms with van der Waals surface area (Å²) >= 11 is 5.95. The van der Waals surface area contributed by atoms with E-state index in [-0.39, 0.29) is 0 Å². The Morgan fingerprint density at radius 3 is 3.00 bits per heavy atom. The lowest BCUT2D eigenvalue weighted by Gasteiger charge is -2.06. The van der Waals surface area contributed by atoms with Gasteiger partial charge in [0.15, 0.2) is 0 Å². The predicted molar refractivity (Wildman–Crippen MR) is 79.8 cm³/mol. The Bertz CT molecular complexity index is 621. The summed E-state index contributed by atoms with van der Waals surface area (Å²) in [6, 6.07) is 7.62. The number of benzene rings is 1. The van der Waals surface area contributed by atoms with Gasteiger partial charge in [-0.2, -0.15) is 5.10 Å². The van der Waals surface area contributed by atoms with E-state index in [4.69, 9.17) is 22.1 Å². The average molecular weight is 290 g/mol. The number of nitrogens with two attached hydrogens (primary N) is 1. The van der Waals surface area contributed by atoms with Crippen molar-refractivity contribution in [2.45, 2.75) is 13.5 Å². The van der Waals surface area contributed by atoms with E-state index in [9.17, 15) is 0 Å². The summed E-state index contributed by atoms with van der Waals surface area (Å²) in [6.45, 7) is 3.39. The van der Waals surface area contributed by atoms with Crippen molar-refractivity contribution in [1.29, 1.82) is 0 Å². The molecule has 1 heterocycles. The van der Waals surface area contributed by atoms with Crippen molar-refractivity contribution in [2.75, 3.05) is 13.2 Å². The highest BCUT2D eigenvalue weighted by Crippen LogP contribution is 2.14. The molecule has 2 rings (SSSR count). The van der Waals surface area contributed by atoms with Crippen LogP contribution in [-0.2, 0) is 6.54 Å². The van der Waals surface area contributed by atoms with Crippen LogP contribution in [0.5, 0.6) is 5.75 Å². The van der Waals surface area contributed by atoms with Crippen molar-refractivity contribution in [1.82, 2.24) is 9.78 Å². The van der Waals surface area contributed by atoms with Gasteiger partial charge < -0.3 is 10.5 Å². The summed E-state index contributed by atoms with van der Waals surface area (Å²) in [5, 5.41) is 4.94. The monoisotopic (exact) mass is 289 g/mol. The molecule has 0 saturated carbocycles. The first-order valence-corrected chi connectivity index (χ1v) is 6.68. The molecule has 0 amide bonds. The van der Waals surface area contributed by atoms with Crippen LogP contribution >= 0.6 is 11.6 Å². The Balaban J connectivity index is 1.90. The quantitative estimate of drug-likeness (QED) is 0.878. The van der Waals surface area contributed by atoms with Gasteiger partial charge in [0.05, 0.1) is 23.8 Å². The maximum Gasteiger partial charge on any atom is 0.120 e. The fourth-order valence-corrected chi connectivity index (χ4v) is 1.83. The van der Waals surface area contributed by atoms with Crippen molar-refractivity contribution in [3.63, 3.8) is 0 Å². The number of ether oxygens (including phenoxy) is 1. The molecule has 4 nitrogen and oxygen atoms in total. The number of nitrogens with zero attached hydrogens (tertiary/aromatic N) is 2. The molecule has 0 spiro atoms. The van der Waals surface area contributed by atoms with E-state index >= 15 is 0 Å². The third kappa shape index (κ3) is 4.02. The summed E-state index contributed by atoms with van der Waals surface area (Å²) in [5.74, 6) is 6.57. The van der Waals surface area contributed by atoms with E-state index in [0.29, 0.717) is 24.7 Å². The van der Waals surface area contributed by atoms with Crippen LogP contribution in [-0.4, -0.2) is 22.9 Å². The lowest BCUT2D eigenvalue weighted by Crippen LogP contribution is -2.08. The Hall–Kier alpha value is -1.96. The predicted octanol–water partition coefficient (Wildman–Crippen LogP) is 2.23. The van der Waals surface area contributed by atoms with E-state index < -0.39 is 0 Å². The van der Waals surface area contributed by atoms with Crippen LogP contribution in [0.4, 0.5) is 0 Å². The van der Waals surface area contributed by atoms with Crippen LogP contribution in [0.3, 0.4) is 0 Å². The first kappa shape index (κ1) is 14.4. The van der Waals surface area contributed by atoms with Crippen molar-refractivity contribution >= 4 is 11.6 Å². The summed E-state index contributed by atoms with van der Waals surface area (Å²) in [4.78, 5) is 0.